The van der Waals surface area contributed by atoms with E-state index in [2.05, 4.69) is 25.8 Å². The number of nitrogens with one attached hydrogen (secondary N) is 2. The van der Waals surface area contributed by atoms with Gasteiger partial charge in [-0.15, -0.1) is 34.2 Å². The van der Waals surface area contributed by atoms with Crippen LogP contribution in [0.15, 0.2) is 29.3 Å². The summed E-state index contributed by atoms with van der Waals surface area (Å²) in [6.07, 6.45) is 0. The Morgan fingerprint density at radius 2 is 1.91 bits per heavy atom. The highest BCUT2D eigenvalue weighted by Gasteiger charge is 2.07. The van der Waals surface area contributed by atoms with E-state index in [-0.39, 0.29) is 24.0 Å². The number of ether oxygens (including phenoxy) is 1. The molecular formula is C15H23IN6O. The zero-order valence-electron chi connectivity index (χ0n) is 13.8. The molecule has 0 unspecified atom stereocenters. The summed E-state index contributed by atoms with van der Waals surface area (Å²) in [4.78, 5) is 4.21. The number of nitrogens with zero attached hydrogens (tertiary/aromatic N) is 4. The first kappa shape index (κ1) is 19.2. The molecule has 2 aromatic rings. The van der Waals surface area contributed by atoms with E-state index in [0.717, 1.165) is 23.0 Å². The summed E-state index contributed by atoms with van der Waals surface area (Å²) >= 11 is 0. The van der Waals surface area contributed by atoms with Crippen LogP contribution in [-0.4, -0.2) is 34.9 Å². The number of methoxy groups -OCH3 is 1. The Balaban J connectivity index is 0.00000264. The van der Waals surface area contributed by atoms with E-state index < -0.39 is 0 Å². The Kier molecular flexibility index (Phi) is 7.79. The number of benzene rings is 1. The molecule has 23 heavy (non-hydrogen) atoms. The second kappa shape index (κ2) is 9.33. The maximum absolute atomic E-state index is 5.34. The molecule has 0 aliphatic rings. The largest absolute Gasteiger partial charge is 0.496 e. The third-order valence-electron chi connectivity index (χ3n) is 3.46. The van der Waals surface area contributed by atoms with Crippen LogP contribution in [0.25, 0.3) is 0 Å². The number of aryl methyl sites for hydroxylation is 1. The van der Waals surface area contributed by atoms with E-state index in [4.69, 9.17) is 4.74 Å². The van der Waals surface area contributed by atoms with Crippen molar-refractivity contribution in [2.24, 2.45) is 12.0 Å². The Hall–Kier alpha value is -1.84. The van der Waals surface area contributed by atoms with Gasteiger partial charge in [-0.25, -0.2) is 0 Å². The topological polar surface area (TPSA) is 76.4 Å². The van der Waals surface area contributed by atoms with Gasteiger partial charge in [-0.3, -0.25) is 4.99 Å². The maximum Gasteiger partial charge on any atom is 0.191 e. The van der Waals surface area contributed by atoms with Gasteiger partial charge in [0.15, 0.2) is 11.8 Å². The summed E-state index contributed by atoms with van der Waals surface area (Å²) < 4.78 is 7.28. The van der Waals surface area contributed by atoms with Crippen LogP contribution in [0.4, 0.5) is 0 Å². The number of aliphatic imine (C=N–C) groups is 1. The van der Waals surface area contributed by atoms with Gasteiger partial charge in [-0.1, -0.05) is 18.2 Å². The van der Waals surface area contributed by atoms with Crippen LogP contribution >= 0.6 is 24.0 Å². The minimum atomic E-state index is 0. The van der Waals surface area contributed by atoms with Gasteiger partial charge in [0.05, 0.1) is 13.7 Å². The van der Waals surface area contributed by atoms with Gasteiger partial charge < -0.3 is 19.9 Å². The van der Waals surface area contributed by atoms with Crippen molar-refractivity contribution in [1.29, 1.82) is 0 Å². The number of rotatable bonds is 5. The summed E-state index contributed by atoms with van der Waals surface area (Å²) in [5, 5.41) is 14.6. The fourth-order valence-corrected chi connectivity index (χ4v) is 2.02. The van der Waals surface area contributed by atoms with Crippen molar-refractivity contribution >= 4 is 29.9 Å². The highest BCUT2D eigenvalue weighted by molar-refractivity contribution is 14.0. The van der Waals surface area contributed by atoms with Crippen molar-refractivity contribution in [3.8, 4) is 5.75 Å². The summed E-state index contributed by atoms with van der Waals surface area (Å²) in [6.45, 7) is 3.11. The van der Waals surface area contributed by atoms with Crippen molar-refractivity contribution in [2.45, 2.75) is 20.0 Å². The quantitative estimate of drug-likeness (QED) is 0.429. The monoisotopic (exact) mass is 430 g/mol. The van der Waals surface area contributed by atoms with Crippen molar-refractivity contribution in [1.82, 2.24) is 25.4 Å². The van der Waals surface area contributed by atoms with Crippen molar-refractivity contribution in [3.05, 3.63) is 41.5 Å². The number of guanidine groups is 1. The SMILES string of the molecule is CN=C(NCc1ccccc1OC)NCc1nnc(C)n1C.I. The predicted molar refractivity (Wildman–Crippen MR) is 101 cm³/mol. The molecule has 1 heterocycles. The minimum absolute atomic E-state index is 0. The Morgan fingerprint density at radius 3 is 2.52 bits per heavy atom. The fourth-order valence-electron chi connectivity index (χ4n) is 2.02. The molecule has 126 valence electrons. The van der Waals surface area contributed by atoms with Crippen LogP contribution in [0.2, 0.25) is 0 Å². The van der Waals surface area contributed by atoms with E-state index in [1.54, 1.807) is 14.2 Å². The van der Waals surface area contributed by atoms with E-state index >= 15 is 0 Å². The third kappa shape index (κ3) is 5.08. The summed E-state index contributed by atoms with van der Waals surface area (Å²) in [5.41, 5.74) is 1.07. The maximum atomic E-state index is 5.34. The predicted octanol–water partition coefficient (Wildman–Crippen LogP) is 1.62. The molecule has 0 spiro atoms. The molecule has 8 heteroatoms. The average Bonchev–Trinajstić information content (AvgIpc) is 2.87. The molecule has 7 nitrogen and oxygen atoms in total. The molecule has 0 atom stereocenters. The van der Waals surface area contributed by atoms with Crippen LogP contribution in [0.1, 0.15) is 17.2 Å². The van der Waals surface area contributed by atoms with Crippen molar-refractivity contribution < 1.29 is 4.74 Å². The molecule has 0 saturated heterocycles. The van der Waals surface area contributed by atoms with Gasteiger partial charge in [0.2, 0.25) is 0 Å². The van der Waals surface area contributed by atoms with Crippen molar-refractivity contribution in [3.63, 3.8) is 0 Å². The lowest BCUT2D eigenvalue weighted by Gasteiger charge is -2.13. The lowest BCUT2D eigenvalue weighted by atomic mass is 10.2. The lowest BCUT2D eigenvalue weighted by molar-refractivity contribution is 0.409. The molecule has 0 radical (unpaired) electrons. The van der Waals surface area contributed by atoms with Crippen molar-refractivity contribution in [2.75, 3.05) is 14.2 Å². The van der Waals surface area contributed by atoms with Crippen LogP contribution in [-0.2, 0) is 20.1 Å². The van der Waals surface area contributed by atoms with E-state index in [1.807, 2.05) is 42.8 Å². The first-order chi connectivity index (χ1) is 10.7. The second-order valence-electron chi connectivity index (χ2n) is 4.81. The summed E-state index contributed by atoms with van der Waals surface area (Å²) in [6, 6.07) is 7.89. The zero-order valence-corrected chi connectivity index (χ0v) is 16.2. The van der Waals surface area contributed by atoms with Gasteiger partial charge >= 0.3 is 0 Å². The molecule has 2 rings (SSSR count). The number of halogens is 1. The second-order valence-corrected chi connectivity index (χ2v) is 4.81. The van der Waals surface area contributed by atoms with E-state index in [0.29, 0.717) is 19.0 Å². The van der Waals surface area contributed by atoms with Crippen LogP contribution in [0.3, 0.4) is 0 Å². The van der Waals surface area contributed by atoms with Crippen LogP contribution in [0.5, 0.6) is 5.75 Å². The minimum Gasteiger partial charge on any atom is -0.496 e. The lowest BCUT2D eigenvalue weighted by Crippen LogP contribution is -2.37. The fraction of sp³-hybridized carbons (Fsp3) is 0.400. The standard InChI is InChI=1S/C15H22N6O.HI/c1-11-19-20-14(21(11)3)10-18-15(16-2)17-9-12-7-5-6-8-13(12)22-4;/h5-8H,9-10H2,1-4H3,(H2,16,17,18);1H. The highest BCUT2D eigenvalue weighted by atomic mass is 127. The molecule has 0 saturated carbocycles. The Bertz CT molecular complexity index is 655. The molecule has 0 fully saturated rings. The molecular weight excluding hydrogens is 407 g/mol. The van der Waals surface area contributed by atoms with E-state index in [1.165, 1.54) is 0 Å². The zero-order chi connectivity index (χ0) is 15.9. The highest BCUT2D eigenvalue weighted by Crippen LogP contribution is 2.16. The molecule has 1 aromatic heterocycles. The summed E-state index contributed by atoms with van der Waals surface area (Å²) in [5.74, 6) is 3.30. The molecule has 0 bridgehead atoms. The third-order valence-corrected chi connectivity index (χ3v) is 3.46. The van der Waals surface area contributed by atoms with E-state index in [9.17, 15) is 0 Å². The summed E-state index contributed by atoms with van der Waals surface area (Å²) in [7, 11) is 5.35. The average molecular weight is 430 g/mol. The normalized spacial score (nSPS) is 10.9. The van der Waals surface area contributed by atoms with Gasteiger partial charge in [0.1, 0.15) is 11.6 Å². The van der Waals surface area contributed by atoms with Gasteiger partial charge in [-0.2, -0.15) is 0 Å². The Labute approximate surface area is 153 Å². The number of para-hydroxylation sites is 1. The van der Waals surface area contributed by atoms with Gasteiger partial charge in [-0.05, 0) is 13.0 Å². The number of aromatic nitrogens is 3. The van der Waals surface area contributed by atoms with Crippen LogP contribution < -0.4 is 15.4 Å². The Morgan fingerprint density at radius 1 is 1.22 bits per heavy atom. The van der Waals surface area contributed by atoms with Crippen LogP contribution in [0, 0.1) is 6.92 Å². The first-order valence-electron chi connectivity index (χ1n) is 7.07. The molecule has 0 amide bonds. The van der Waals surface area contributed by atoms with Gasteiger partial charge in [0.25, 0.3) is 0 Å². The molecule has 0 aliphatic carbocycles. The molecule has 0 aliphatic heterocycles. The number of hydrogen-bond acceptors (Lipinski definition) is 4. The molecule has 1 aromatic carbocycles. The molecule has 2 N–H and O–H groups in total. The van der Waals surface area contributed by atoms with Gasteiger partial charge in [0, 0.05) is 26.2 Å². The first-order valence-corrected chi connectivity index (χ1v) is 7.07. The smallest absolute Gasteiger partial charge is 0.191 e. The number of hydrogen-bond donors (Lipinski definition) is 2.